The number of ether oxygens (including phenoxy) is 1. The highest BCUT2D eigenvalue weighted by molar-refractivity contribution is 5.95. The summed E-state index contributed by atoms with van der Waals surface area (Å²) >= 11 is 0. The molecule has 5 heteroatoms. The van der Waals surface area contributed by atoms with Crippen molar-refractivity contribution in [3.8, 4) is 5.75 Å². The minimum Gasteiger partial charge on any atom is -0.506 e. The van der Waals surface area contributed by atoms with Gasteiger partial charge in [-0.1, -0.05) is 6.07 Å². The van der Waals surface area contributed by atoms with Crippen LogP contribution >= 0.6 is 0 Å². The van der Waals surface area contributed by atoms with Crippen LogP contribution in [0.5, 0.6) is 5.75 Å². The average Bonchev–Trinajstić information content (AvgIpc) is 2.18. The van der Waals surface area contributed by atoms with Gasteiger partial charge in [0.25, 0.3) is 0 Å². The first kappa shape index (κ1) is 13.0. The van der Waals surface area contributed by atoms with Crippen molar-refractivity contribution in [2.45, 2.75) is 26.4 Å². The molecule has 5 nitrogen and oxygen atoms in total. The summed E-state index contributed by atoms with van der Waals surface area (Å²) in [6.45, 7) is 5.16. The van der Waals surface area contributed by atoms with E-state index < -0.39 is 11.7 Å². The van der Waals surface area contributed by atoms with E-state index in [1.807, 2.05) is 0 Å². The zero-order valence-electron chi connectivity index (χ0n) is 9.98. The Morgan fingerprint density at radius 2 is 2.06 bits per heavy atom. The van der Waals surface area contributed by atoms with E-state index in [1.165, 1.54) is 18.2 Å². The van der Waals surface area contributed by atoms with Gasteiger partial charge in [-0.25, -0.2) is 4.79 Å². The molecule has 0 spiro atoms. The molecule has 0 aliphatic carbocycles. The van der Waals surface area contributed by atoms with Gasteiger partial charge in [0, 0.05) is 5.56 Å². The number of aromatic hydroxyl groups is 1. The van der Waals surface area contributed by atoms with E-state index in [0.29, 0.717) is 6.29 Å². The number of carbonyl (C=O) groups is 2. The Kier molecular flexibility index (Phi) is 3.73. The zero-order chi connectivity index (χ0) is 13.1. The van der Waals surface area contributed by atoms with Gasteiger partial charge in [-0.2, -0.15) is 0 Å². The fraction of sp³-hybridized carbons (Fsp3) is 0.333. The number of rotatable bonds is 2. The second-order valence-corrected chi connectivity index (χ2v) is 4.49. The molecule has 0 saturated heterocycles. The number of benzene rings is 1. The molecule has 1 amide bonds. The van der Waals surface area contributed by atoms with Crippen LogP contribution < -0.4 is 5.32 Å². The lowest BCUT2D eigenvalue weighted by Gasteiger charge is -2.20. The van der Waals surface area contributed by atoms with Crippen LogP contribution in [0, 0.1) is 0 Å². The van der Waals surface area contributed by atoms with Gasteiger partial charge >= 0.3 is 6.09 Å². The fourth-order valence-electron chi connectivity index (χ4n) is 1.20. The number of phenolic OH excluding ortho intramolecular Hbond substituents is 1. The first-order chi connectivity index (χ1) is 7.83. The van der Waals surface area contributed by atoms with Crippen molar-refractivity contribution in [2.24, 2.45) is 0 Å². The van der Waals surface area contributed by atoms with E-state index in [4.69, 9.17) is 4.74 Å². The third-order valence-electron chi connectivity index (χ3n) is 1.83. The highest BCUT2D eigenvalue weighted by atomic mass is 16.6. The van der Waals surface area contributed by atoms with E-state index >= 15 is 0 Å². The summed E-state index contributed by atoms with van der Waals surface area (Å²) in [6, 6.07) is 4.37. The number of nitrogens with one attached hydrogen (secondary N) is 1. The number of hydrogen-bond donors (Lipinski definition) is 2. The molecule has 1 rings (SSSR count). The number of carbonyl (C=O) groups excluding carboxylic acids is 2. The maximum Gasteiger partial charge on any atom is 0.412 e. The van der Waals surface area contributed by atoms with Gasteiger partial charge in [0.05, 0.1) is 5.69 Å². The van der Waals surface area contributed by atoms with Gasteiger partial charge in [0.1, 0.15) is 11.4 Å². The Hall–Kier alpha value is -2.04. The minimum atomic E-state index is -0.720. The third kappa shape index (κ3) is 3.79. The molecule has 1 aromatic rings. The number of phenols is 1. The minimum absolute atomic E-state index is 0.0525. The van der Waals surface area contributed by atoms with Gasteiger partial charge in [-0.3, -0.25) is 10.1 Å². The van der Waals surface area contributed by atoms with Crippen LogP contribution in [0.15, 0.2) is 18.2 Å². The van der Waals surface area contributed by atoms with Crippen LogP contribution in [0.25, 0.3) is 0 Å². The summed E-state index contributed by atoms with van der Waals surface area (Å²) in [5.74, 6) is -0.180. The summed E-state index contributed by atoms with van der Waals surface area (Å²) in [4.78, 5) is 22.2. The summed E-state index contributed by atoms with van der Waals surface area (Å²) in [5, 5.41) is 11.9. The molecule has 0 aromatic heterocycles. The molecule has 0 unspecified atom stereocenters. The lowest BCUT2D eigenvalue weighted by atomic mass is 10.2. The Bertz CT molecular complexity index is 435. The van der Waals surface area contributed by atoms with E-state index in [0.717, 1.165) is 0 Å². The SMILES string of the molecule is CC(C)(C)OC(=O)Nc1c(O)cccc1C=O. The predicted molar refractivity (Wildman–Crippen MR) is 63.4 cm³/mol. The number of amides is 1. The molecule has 92 valence electrons. The number of aldehydes is 1. The van der Waals surface area contributed by atoms with Crippen molar-refractivity contribution in [2.75, 3.05) is 5.32 Å². The van der Waals surface area contributed by atoms with Crippen LogP contribution in [-0.4, -0.2) is 23.1 Å². The van der Waals surface area contributed by atoms with Crippen molar-refractivity contribution in [1.82, 2.24) is 0 Å². The molecule has 1 aromatic carbocycles. The monoisotopic (exact) mass is 237 g/mol. The van der Waals surface area contributed by atoms with E-state index in [1.54, 1.807) is 20.8 Å². The maximum absolute atomic E-state index is 11.5. The quantitative estimate of drug-likeness (QED) is 0.612. The van der Waals surface area contributed by atoms with Crippen LogP contribution in [0.2, 0.25) is 0 Å². The van der Waals surface area contributed by atoms with Crippen molar-refractivity contribution in [1.29, 1.82) is 0 Å². The lowest BCUT2D eigenvalue weighted by Crippen LogP contribution is -2.27. The van der Waals surface area contributed by atoms with Gasteiger partial charge in [0.15, 0.2) is 6.29 Å². The molecule has 0 fully saturated rings. The normalized spacial score (nSPS) is 10.8. The van der Waals surface area contributed by atoms with Gasteiger partial charge in [-0.15, -0.1) is 0 Å². The smallest absolute Gasteiger partial charge is 0.412 e. The number of para-hydroxylation sites is 1. The van der Waals surface area contributed by atoms with E-state index in [2.05, 4.69) is 5.32 Å². The predicted octanol–water partition coefficient (Wildman–Crippen LogP) is 2.55. The van der Waals surface area contributed by atoms with Crippen LogP contribution in [0.1, 0.15) is 31.1 Å². The van der Waals surface area contributed by atoms with Gasteiger partial charge < -0.3 is 9.84 Å². The Morgan fingerprint density at radius 1 is 1.41 bits per heavy atom. The Labute approximate surface area is 99.4 Å². The fourth-order valence-corrected chi connectivity index (χ4v) is 1.20. The molecule has 0 aliphatic heterocycles. The summed E-state index contributed by atoms with van der Waals surface area (Å²) in [5.41, 5.74) is -0.400. The molecule has 0 atom stereocenters. The molecule has 0 heterocycles. The Morgan fingerprint density at radius 3 is 2.59 bits per heavy atom. The van der Waals surface area contributed by atoms with E-state index in [-0.39, 0.29) is 17.0 Å². The number of anilines is 1. The average molecular weight is 237 g/mol. The lowest BCUT2D eigenvalue weighted by molar-refractivity contribution is 0.0635. The molecule has 0 saturated carbocycles. The Balaban J connectivity index is 2.88. The summed E-state index contributed by atoms with van der Waals surface area (Å²) in [6.07, 6.45) is -0.172. The van der Waals surface area contributed by atoms with Crippen LogP contribution in [0.4, 0.5) is 10.5 Å². The first-order valence-electron chi connectivity index (χ1n) is 5.10. The van der Waals surface area contributed by atoms with Crippen molar-refractivity contribution in [3.63, 3.8) is 0 Å². The van der Waals surface area contributed by atoms with Crippen molar-refractivity contribution in [3.05, 3.63) is 23.8 Å². The highest BCUT2D eigenvalue weighted by Crippen LogP contribution is 2.26. The summed E-state index contributed by atoms with van der Waals surface area (Å²) < 4.78 is 5.02. The van der Waals surface area contributed by atoms with Crippen LogP contribution in [-0.2, 0) is 4.74 Å². The molecule has 2 N–H and O–H groups in total. The molecular formula is C12H15NO4. The first-order valence-corrected chi connectivity index (χ1v) is 5.10. The third-order valence-corrected chi connectivity index (χ3v) is 1.83. The molecule has 0 aliphatic rings. The summed E-state index contributed by atoms with van der Waals surface area (Å²) in [7, 11) is 0. The maximum atomic E-state index is 11.5. The van der Waals surface area contributed by atoms with Crippen LogP contribution in [0.3, 0.4) is 0 Å². The zero-order valence-corrected chi connectivity index (χ0v) is 9.98. The largest absolute Gasteiger partial charge is 0.506 e. The van der Waals surface area contributed by atoms with Gasteiger partial charge in [0.2, 0.25) is 0 Å². The van der Waals surface area contributed by atoms with Gasteiger partial charge in [-0.05, 0) is 32.9 Å². The van der Waals surface area contributed by atoms with Crippen molar-refractivity contribution >= 4 is 18.1 Å². The van der Waals surface area contributed by atoms with Crippen molar-refractivity contribution < 1.29 is 19.4 Å². The van der Waals surface area contributed by atoms with E-state index in [9.17, 15) is 14.7 Å². The topological polar surface area (TPSA) is 75.6 Å². The molecular weight excluding hydrogens is 222 g/mol. The molecule has 17 heavy (non-hydrogen) atoms. The highest BCUT2D eigenvalue weighted by Gasteiger charge is 2.18. The number of hydrogen-bond acceptors (Lipinski definition) is 4. The second kappa shape index (κ2) is 4.86. The standard InChI is InChI=1S/C12H15NO4/c1-12(2,3)17-11(16)13-10-8(7-14)5-4-6-9(10)15/h4-7,15H,1-3H3,(H,13,16). The molecule has 0 radical (unpaired) electrons. The molecule has 0 bridgehead atoms. The second-order valence-electron chi connectivity index (χ2n) is 4.49.